The molecule has 1 saturated heterocycles. The van der Waals surface area contributed by atoms with Crippen molar-refractivity contribution in [3.63, 3.8) is 0 Å². The molecule has 1 fully saturated rings. The van der Waals surface area contributed by atoms with Gasteiger partial charge in [-0.15, -0.1) is 24.8 Å². The van der Waals surface area contributed by atoms with E-state index in [2.05, 4.69) is 28.4 Å². The molecule has 1 aliphatic rings. The molecule has 0 aromatic heterocycles. The van der Waals surface area contributed by atoms with Gasteiger partial charge in [-0.05, 0) is 49.2 Å². The Labute approximate surface area is 161 Å². The highest BCUT2D eigenvalue weighted by Gasteiger charge is 2.14. The van der Waals surface area contributed by atoms with Gasteiger partial charge in [0.1, 0.15) is 0 Å². The number of nitrogens with one attached hydrogen (secondary N) is 1. The third kappa shape index (κ3) is 5.63. The lowest BCUT2D eigenvalue weighted by atomic mass is 10.1. The molecule has 1 amide bonds. The molecule has 3 rings (SSSR count). The molecule has 4 nitrogen and oxygen atoms in total. The third-order valence-electron chi connectivity index (χ3n) is 4.36. The molecular formula is C19H25Cl2N3O. The van der Waals surface area contributed by atoms with E-state index >= 15 is 0 Å². The van der Waals surface area contributed by atoms with Crippen LogP contribution in [-0.2, 0) is 13.1 Å². The summed E-state index contributed by atoms with van der Waals surface area (Å²) in [7, 11) is 0. The second-order valence-electron chi connectivity index (χ2n) is 6.02. The van der Waals surface area contributed by atoms with Gasteiger partial charge in [0.2, 0.25) is 0 Å². The number of benzene rings is 2. The van der Waals surface area contributed by atoms with E-state index in [1.54, 1.807) is 12.1 Å². The maximum absolute atomic E-state index is 12.3. The van der Waals surface area contributed by atoms with E-state index in [-0.39, 0.29) is 30.7 Å². The van der Waals surface area contributed by atoms with Gasteiger partial charge in [-0.3, -0.25) is 9.69 Å². The summed E-state index contributed by atoms with van der Waals surface area (Å²) in [4.78, 5) is 14.8. The van der Waals surface area contributed by atoms with E-state index in [0.29, 0.717) is 17.8 Å². The molecule has 0 saturated carbocycles. The van der Waals surface area contributed by atoms with Gasteiger partial charge in [-0.25, -0.2) is 0 Å². The van der Waals surface area contributed by atoms with Crippen molar-refractivity contribution in [2.24, 2.45) is 0 Å². The Morgan fingerprint density at radius 3 is 2.24 bits per heavy atom. The number of para-hydroxylation sites is 1. The van der Waals surface area contributed by atoms with Crippen molar-refractivity contribution in [1.82, 2.24) is 10.2 Å². The second kappa shape index (κ2) is 10.3. The van der Waals surface area contributed by atoms with Crippen LogP contribution in [0.4, 0.5) is 5.69 Å². The average molecular weight is 382 g/mol. The summed E-state index contributed by atoms with van der Waals surface area (Å²) in [5.41, 5.74) is 9.36. The number of nitrogens with two attached hydrogens (primary N) is 1. The van der Waals surface area contributed by atoms with Crippen molar-refractivity contribution in [1.29, 1.82) is 0 Å². The summed E-state index contributed by atoms with van der Waals surface area (Å²) < 4.78 is 0. The summed E-state index contributed by atoms with van der Waals surface area (Å²) in [6, 6.07) is 15.5. The van der Waals surface area contributed by atoms with Crippen LogP contribution < -0.4 is 11.1 Å². The van der Waals surface area contributed by atoms with Crippen molar-refractivity contribution in [3.8, 4) is 0 Å². The van der Waals surface area contributed by atoms with Crippen LogP contribution in [0.1, 0.15) is 34.3 Å². The number of hydrogen-bond acceptors (Lipinski definition) is 3. The molecule has 136 valence electrons. The maximum Gasteiger partial charge on any atom is 0.253 e. The Balaban J connectivity index is 0.00000156. The quantitative estimate of drug-likeness (QED) is 0.777. The number of carbonyl (C=O) groups is 1. The Kier molecular flexibility index (Phi) is 8.76. The summed E-state index contributed by atoms with van der Waals surface area (Å²) in [6.07, 6.45) is 2.57. The molecule has 0 unspecified atom stereocenters. The Bertz CT molecular complexity index is 688. The molecular weight excluding hydrogens is 357 g/mol. The molecule has 25 heavy (non-hydrogen) atoms. The van der Waals surface area contributed by atoms with Crippen LogP contribution in [-0.4, -0.2) is 23.9 Å². The van der Waals surface area contributed by atoms with Crippen molar-refractivity contribution in [3.05, 3.63) is 65.2 Å². The predicted molar refractivity (Wildman–Crippen MR) is 107 cm³/mol. The molecule has 0 aliphatic carbocycles. The van der Waals surface area contributed by atoms with Crippen LogP contribution in [0.2, 0.25) is 0 Å². The fraction of sp³-hybridized carbons (Fsp3) is 0.316. The van der Waals surface area contributed by atoms with Gasteiger partial charge in [0, 0.05) is 18.8 Å². The standard InChI is InChI=1S/C19H23N3O.2ClH/c20-18-10-4-3-9-17(18)19(23)21-13-15-7-1-2-8-16(15)14-22-11-5-6-12-22;;/h1-4,7-10H,5-6,11-14,20H2,(H,21,23);2*1H. The largest absolute Gasteiger partial charge is 0.398 e. The summed E-state index contributed by atoms with van der Waals surface area (Å²) in [6.45, 7) is 3.82. The summed E-state index contributed by atoms with van der Waals surface area (Å²) in [5, 5.41) is 2.98. The summed E-state index contributed by atoms with van der Waals surface area (Å²) in [5.74, 6) is -0.126. The highest BCUT2D eigenvalue weighted by atomic mass is 35.5. The van der Waals surface area contributed by atoms with Gasteiger partial charge < -0.3 is 11.1 Å². The topological polar surface area (TPSA) is 58.4 Å². The van der Waals surface area contributed by atoms with E-state index in [0.717, 1.165) is 6.54 Å². The van der Waals surface area contributed by atoms with E-state index in [1.807, 2.05) is 18.2 Å². The Hall–Kier alpha value is -1.75. The number of amides is 1. The van der Waals surface area contributed by atoms with E-state index in [1.165, 1.54) is 37.1 Å². The molecule has 6 heteroatoms. The zero-order valence-corrected chi connectivity index (χ0v) is 15.7. The maximum atomic E-state index is 12.3. The molecule has 3 N–H and O–H groups in total. The SMILES string of the molecule is Cl.Cl.Nc1ccccc1C(=O)NCc1ccccc1CN1CCCC1. The highest BCUT2D eigenvalue weighted by molar-refractivity contribution is 5.99. The van der Waals surface area contributed by atoms with Crippen LogP contribution >= 0.6 is 24.8 Å². The number of hydrogen-bond donors (Lipinski definition) is 2. The normalized spacial score (nSPS) is 13.6. The highest BCUT2D eigenvalue weighted by Crippen LogP contribution is 2.16. The molecule has 0 spiro atoms. The van der Waals surface area contributed by atoms with Gasteiger partial charge in [-0.2, -0.15) is 0 Å². The lowest BCUT2D eigenvalue weighted by Gasteiger charge is -2.18. The van der Waals surface area contributed by atoms with Crippen LogP contribution in [0, 0.1) is 0 Å². The molecule has 1 aliphatic heterocycles. The number of halogens is 2. The fourth-order valence-corrected chi connectivity index (χ4v) is 3.04. The van der Waals surface area contributed by atoms with Gasteiger partial charge in [0.25, 0.3) is 5.91 Å². The molecule has 0 atom stereocenters. The Morgan fingerprint density at radius 1 is 0.960 bits per heavy atom. The van der Waals surface area contributed by atoms with Crippen molar-refractivity contribution >= 4 is 36.4 Å². The van der Waals surface area contributed by atoms with E-state index in [4.69, 9.17) is 5.73 Å². The fourth-order valence-electron chi connectivity index (χ4n) is 3.04. The van der Waals surface area contributed by atoms with E-state index in [9.17, 15) is 4.79 Å². The van der Waals surface area contributed by atoms with Crippen LogP contribution in [0.25, 0.3) is 0 Å². The zero-order valence-electron chi connectivity index (χ0n) is 14.1. The van der Waals surface area contributed by atoms with Crippen LogP contribution in [0.3, 0.4) is 0 Å². The number of carbonyl (C=O) groups excluding carboxylic acids is 1. The second-order valence-corrected chi connectivity index (χ2v) is 6.02. The minimum Gasteiger partial charge on any atom is -0.398 e. The van der Waals surface area contributed by atoms with Crippen LogP contribution in [0.5, 0.6) is 0 Å². The molecule has 1 heterocycles. The number of nitrogens with zero attached hydrogens (tertiary/aromatic N) is 1. The number of likely N-dealkylation sites (tertiary alicyclic amines) is 1. The number of anilines is 1. The van der Waals surface area contributed by atoms with Gasteiger partial charge in [0.05, 0.1) is 5.56 Å². The molecule has 2 aromatic carbocycles. The number of nitrogen functional groups attached to an aromatic ring is 1. The first-order valence-corrected chi connectivity index (χ1v) is 8.16. The predicted octanol–water partition coefficient (Wildman–Crippen LogP) is 3.64. The van der Waals surface area contributed by atoms with Gasteiger partial charge >= 0.3 is 0 Å². The van der Waals surface area contributed by atoms with Crippen molar-refractivity contribution < 1.29 is 4.79 Å². The zero-order chi connectivity index (χ0) is 16.1. The van der Waals surface area contributed by atoms with Crippen molar-refractivity contribution in [2.45, 2.75) is 25.9 Å². The van der Waals surface area contributed by atoms with E-state index < -0.39 is 0 Å². The van der Waals surface area contributed by atoms with Gasteiger partial charge in [0.15, 0.2) is 0 Å². The minimum absolute atomic E-state index is 0. The smallest absolute Gasteiger partial charge is 0.253 e. The average Bonchev–Trinajstić information content (AvgIpc) is 3.07. The monoisotopic (exact) mass is 381 g/mol. The number of rotatable bonds is 5. The van der Waals surface area contributed by atoms with Crippen LogP contribution in [0.15, 0.2) is 48.5 Å². The molecule has 2 aromatic rings. The first-order valence-electron chi connectivity index (χ1n) is 8.16. The summed E-state index contributed by atoms with van der Waals surface area (Å²) >= 11 is 0. The first kappa shape index (κ1) is 21.3. The molecule has 0 bridgehead atoms. The first-order chi connectivity index (χ1) is 11.2. The van der Waals surface area contributed by atoms with Crippen molar-refractivity contribution in [2.75, 3.05) is 18.8 Å². The lowest BCUT2D eigenvalue weighted by Crippen LogP contribution is -2.25. The molecule has 0 radical (unpaired) electrons. The minimum atomic E-state index is -0.126. The van der Waals surface area contributed by atoms with Gasteiger partial charge in [-0.1, -0.05) is 36.4 Å². The lowest BCUT2D eigenvalue weighted by molar-refractivity contribution is 0.0951. The third-order valence-corrected chi connectivity index (χ3v) is 4.36. The Morgan fingerprint density at radius 2 is 1.56 bits per heavy atom.